The van der Waals surface area contributed by atoms with Crippen molar-refractivity contribution >= 4 is 43.1 Å². The van der Waals surface area contributed by atoms with Crippen molar-refractivity contribution < 1.29 is 13.2 Å². The lowest BCUT2D eigenvalue weighted by Gasteiger charge is -2.06. The summed E-state index contributed by atoms with van der Waals surface area (Å²) in [5, 5.41) is 4.93. The zero-order valence-corrected chi connectivity index (χ0v) is 14.3. The van der Waals surface area contributed by atoms with Crippen LogP contribution in [0.3, 0.4) is 0 Å². The average Bonchev–Trinajstić information content (AvgIpc) is 2.88. The number of thiazole rings is 1. The van der Waals surface area contributed by atoms with Gasteiger partial charge in [0.1, 0.15) is 0 Å². The van der Waals surface area contributed by atoms with Gasteiger partial charge < -0.3 is 10.6 Å². The van der Waals surface area contributed by atoms with Crippen LogP contribution in [-0.2, 0) is 9.84 Å². The molecule has 1 heterocycles. The quantitative estimate of drug-likeness (QED) is 0.875. The van der Waals surface area contributed by atoms with Crippen molar-refractivity contribution in [2.24, 2.45) is 0 Å². The Bertz CT molecular complexity index is 782. The third kappa shape index (κ3) is 3.56. The van der Waals surface area contributed by atoms with Crippen LogP contribution in [-0.4, -0.2) is 31.2 Å². The van der Waals surface area contributed by atoms with E-state index in [1.54, 1.807) is 32.0 Å². The Morgan fingerprint density at radius 2 is 2.09 bits per heavy atom. The number of fused-ring (bicyclic) bond motifs is 1. The first-order valence-corrected chi connectivity index (χ1v) is 9.40. The van der Waals surface area contributed by atoms with E-state index in [0.29, 0.717) is 17.7 Å². The summed E-state index contributed by atoms with van der Waals surface area (Å²) in [6.45, 7) is 5.84. The predicted octanol–water partition coefficient (Wildman–Crippen LogP) is 3.01. The van der Waals surface area contributed by atoms with Crippen molar-refractivity contribution in [1.29, 1.82) is 0 Å². The predicted molar refractivity (Wildman–Crippen MR) is 89.3 cm³/mol. The molecule has 2 aromatic rings. The van der Waals surface area contributed by atoms with E-state index in [1.807, 2.05) is 6.92 Å². The second kappa shape index (κ2) is 6.62. The maximum atomic E-state index is 12.2. The van der Waals surface area contributed by atoms with Crippen LogP contribution >= 0.6 is 11.3 Å². The lowest BCUT2D eigenvalue weighted by molar-refractivity contribution is 0.252. The summed E-state index contributed by atoms with van der Waals surface area (Å²) in [6.07, 6.45) is 0.859. The van der Waals surface area contributed by atoms with E-state index in [4.69, 9.17) is 0 Å². The van der Waals surface area contributed by atoms with Gasteiger partial charge in [0, 0.05) is 12.2 Å². The fraction of sp³-hybridized carbons (Fsp3) is 0.429. The molecule has 0 fully saturated rings. The molecular weight excluding hydrogens is 322 g/mol. The Kier molecular flexibility index (Phi) is 5.02. The fourth-order valence-electron chi connectivity index (χ4n) is 1.72. The fourth-order valence-corrected chi connectivity index (χ4v) is 4.39. The van der Waals surface area contributed by atoms with Crippen molar-refractivity contribution in [3.63, 3.8) is 0 Å². The first-order valence-electron chi connectivity index (χ1n) is 7.04. The number of hydrogen-bond acceptors (Lipinski definition) is 5. The maximum absolute atomic E-state index is 12.2. The van der Waals surface area contributed by atoms with Gasteiger partial charge in [0.05, 0.1) is 15.5 Å². The second-order valence-electron chi connectivity index (χ2n) is 5.14. The first kappa shape index (κ1) is 16.7. The number of urea groups is 1. The molecule has 0 atom stereocenters. The molecule has 22 heavy (non-hydrogen) atoms. The van der Waals surface area contributed by atoms with Gasteiger partial charge in [-0.3, -0.25) is 0 Å². The lowest BCUT2D eigenvalue weighted by Crippen LogP contribution is -2.29. The van der Waals surface area contributed by atoms with Crippen molar-refractivity contribution in [3.8, 4) is 0 Å². The van der Waals surface area contributed by atoms with E-state index in [0.717, 1.165) is 22.5 Å². The van der Waals surface area contributed by atoms with Gasteiger partial charge in [0.25, 0.3) is 0 Å². The van der Waals surface area contributed by atoms with Crippen molar-refractivity contribution in [2.45, 2.75) is 36.8 Å². The highest BCUT2D eigenvalue weighted by molar-refractivity contribution is 7.94. The molecule has 0 saturated carbocycles. The Morgan fingerprint density at radius 3 is 2.73 bits per heavy atom. The molecule has 0 saturated heterocycles. The molecule has 2 N–H and O–H groups in total. The van der Waals surface area contributed by atoms with E-state index in [1.165, 1.54) is 0 Å². The van der Waals surface area contributed by atoms with Crippen LogP contribution in [0, 0.1) is 0 Å². The Morgan fingerprint density at radius 1 is 1.36 bits per heavy atom. The zero-order chi connectivity index (χ0) is 16.3. The second-order valence-corrected chi connectivity index (χ2v) is 8.85. The number of anilines is 1. The van der Waals surface area contributed by atoms with Gasteiger partial charge >= 0.3 is 6.03 Å². The molecular formula is C14H19N3O3S2. The lowest BCUT2D eigenvalue weighted by atomic mass is 10.3. The van der Waals surface area contributed by atoms with Gasteiger partial charge in [-0.25, -0.2) is 18.2 Å². The van der Waals surface area contributed by atoms with E-state index >= 15 is 0 Å². The van der Waals surface area contributed by atoms with Crippen LogP contribution in [0.15, 0.2) is 22.5 Å². The van der Waals surface area contributed by atoms with E-state index < -0.39 is 15.1 Å². The highest BCUT2D eigenvalue weighted by Gasteiger charge is 2.23. The normalized spacial score (nSPS) is 11.8. The van der Waals surface area contributed by atoms with Crippen molar-refractivity contribution in [1.82, 2.24) is 10.3 Å². The number of amides is 2. The van der Waals surface area contributed by atoms with Crippen LogP contribution in [0.5, 0.6) is 0 Å². The van der Waals surface area contributed by atoms with E-state index in [9.17, 15) is 13.2 Å². The summed E-state index contributed by atoms with van der Waals surface area (Å²) in [6, 6.07) is 4.87. The number of nitrogens with one attached hydrogen (secondary N) is 2. The standard InChI is InChI=1S/C14H19N3O3S2/c1-4-7-15-13(18)16-10-5-6-11-12(8-10)21-14(17-11)22(19,20)9(2)3/h5-6,8-9H,4,7H2,1-3H3,(H2,15,16,18). The SMILES string of the molecule is CCCNC(=O)Nc1ccc2nc(S(=O)(=O)C(C)C)sc2c1. The third-order valence-corrected chi connectivity index (χ3v) is 6.61. The largest absolute Gasteiger partial charge is 0.338 e. The van der Waals surface area contributed by atoms with Crippen LogP contribution < -0.4 is 10.6 Å². The summed E-state index contributed by atoms with van der Waals surface area (Å²) in [5.41, 5.74) is 1.22. The molecule has 0 aliphatic heterocycles. The molecule has 2 rings (SSSR count). The molecule has 6 nitrogen and oxygen atoms in total. The number of rotatable bonds is 5. The minimum atomic E-state index is -3.38. The van der Waals surface area contributed by atoms with Crippen LogP contribution in [0.4, 0.5) is 10.5 Å². The van der Waals surface area contributed by atoms with Gasteiger partial charge in [-0.2, -0.15) is 0 Å². The summed E-state index contributed by atoms with van der Waals surface area (Å²) < 4.78 is 25.1. The average molecular weight is 341 g/mol. The highest BCUT2D eigenvalue weighted by atomic mass is 32.2. The monoisotopic (exact) mass is 341 g/mol. The number of benzene rings is 1. The molecule has 0 spiro atoms. The van der Waals surface area contributed by atoms with Gasteiger partial charge in [-0.15, -0.1) is 11.3 Å². The first-order chi connectivity index (χ1) is 10.3. The van der Waals surface area contributed by atoms with E-state index in [2.05, 4.69) is 15.6 Å². The molecule has 120 valence electrons. The van der Waals surface area contributed by atoms with Gasteiger partial charge in [-0.1, -0.05) is 6.92 Å². The number of nitrogens with zero attached hydrogens (tertiary/aromatic N) is 1. The highest BCUT2D eigenvalue weighted by Crippen LogP contribution is 2.29. The molecule has 8 heteroatoms. The number of carbonyl (C=O) groups is 1. The number of hydrogen-bond donors (Lipinski definition) is 2. The van der Waals surface area contributed by atoms with E-state index in [-0.39, 0.29) is 10.4 Å². The molecule has 1 aromatic carbocycles. The van der Waals surface area contributed by atoms with Crippen molar-refractivity contribution in [3.05, 3.63) is 18.2 Å². The van der Waals surface area contributed by atoms with Crippen LogP contribution in [0.1, 0.15) is 27.2 Å². The Labute approximate surface area is 133 Å². The molecule has 2 amide bonds. The molecule has 0 unspecified atom stereocenters. The van der Waals surface area contributed by atoms with Crippen molar-refractivity contribution in [2.75, 3.05) is 11.9 Å². The number of sulfone groups is 1. The maximum Gasteiger partial charge on any atom is 0.319 e. The van der Waals surface area contributed by atoms with Crippen LogP contribution in [0.2, 0.25) is 0 Å². The summed E-state index contributed by atoms with van der Waals surface area (Å²) >= 11 is 1.12. The molecule has 0 aliphatic carbocycles. The minimum absolute atomic E-state index is 0.116. The third-order valence-electron chi connectivity index (χ3n) is 3.03. The molecule has 1 aromatic heterocycles. The number of aromatic nitrogens is 1. The molecule has 0 radical (unpaired) electrons. The topological polar surface area (TPSA) is 88.2 Å². The Hall–Kier alpha value is -1.67. The zero-order valence-electron chi connectivity index (χ0n) is 12.7. The van der Waals surface area contributed by atoms with Gasteiger partial charge in [0.15, 0.2) is 0 Å². The molecule has 0 bridgehead atoms. The smallest absolute Gasteiger partial charge is 0.319 e. The molecule has 0 aliphatic rings. The van der Waals surface area contributed by atoms with Crippen LogP contribution in [0.25, 0.3) is 10.2 Å². The Balaban J connectivity index is 2.26. The number of carbonyl (C=O) groups excluding carboxylic acids is 1. The summed E-state index contributed by atoms with van der Waals surface area (Å²) in [7, 11) is -3.38. The minimum Gasteiger partial charge on any atom is -0.338 e. The van der Waals surface area contributed by atoms with Gasteiger partial charge in [0.2, 0.25) is 14.2 Å². The summed E-state index contributed by atoms with van der Waals surface area (Å²) in [4.78, 5) is 15.8. The summed E-state index contributed by atoms with van der Waals surface area (Å²) in [5.74, 6) is 0. The van der Waals surface area contributed by atoms with Gasteiger partial charge in [-0.05, 0) is 38.5 Å².